The molecule has 0 N–H and O–H groups in total. The number of pyridine rings is 1. The Morgan fingerprint density at radius 1 is 1.42 bits per heavy atom. The van der Waals surface area contributed by atoms with Gasteiger partial charge in [0.15, 0.2) is 0 Å². The molecule has 2 aromatic heterocycles. The highest BCUT2D eigenvalue weighted by Crippen LogP contribution is 2.42. The molecule has 1 saturated heterocycles. The van der Waals surface area contributed by atoms with Crippen LogP contribution in [0.3, 0.4) is 0 Å². The van der Waals surface area contributed by atoms with E-state index in [1.54, 1.807) is 22.4 Å². The Kier molecular flexibility index (Phi) is 2.91. The van der Waals surface area contributed by atoms with Crippen LogP contribution < -0.4 is 4.90 Å². The van der Waals surface area contributed by atoms with E-state index in [1.165, 1.54) is 0 Å². The molecular weight excluding hydrogens is 258 g/mol. The van der Waals surface area contributed by atoms with Crippen LogP contribution in [0.1, 0.15) is 23.7 Å². The third-order valence-corrected chi connectivity index (χ3v) is 4.11. The average Bonchev–Trinajstić information content (AvgIpc) is 2.83. The molecule has 19 heavy (non-hydrogen) atoms. The number of anilines is 1. The van der Waals surface area contributed by atoms with Gasteiger partial charge in [-0.05, 0) is 26.0 Å². The Hall–Kier alpha value is -2.01. The fourth-order valence-electron chi connectivity index (χ4n) is 2.20. The third kappa shape index (κ3) is 1.86. The van der Waals surface area contributed by atoms with Gasteiger partial charge in [-0.25, -0.2) is 9.97 Å². The first kappa shape index (κ1) is 12.0. The number of aromatic nitrogens is 2. The van der Waals surface area contributed by atoms with Crippen molar-refractivity contribution in [3.8, 4) is 0 Å². The van der Waals surface area contributed by atoms with Gasteiger partial charge in [0.25, 0.3) is 5.91 Å². The molecule has 1 unspecified atom stereocenters. The quantitative estimate of drug-likeness (QED) is 0.623. The zero-order valence-electron chi connectivity index (χ0n) is 10.7. The second-order valence-corrected chi connectivity index (χ2v) is 5.23. The summed E-state index contributed by atoms with van der Waals surface area (Å²) in [6.45, 7) is 3.84. The minimum absolute atomic E-state index is 0.0130. The summed E-state index contributed by atoms with van der Waals surface area (Å²) in [6.07, 6.45) is 3.56. The molecule has 0 spiro atoms. The highest BCUT2D eigenvalue weighted by atomic mass is 32.1. The maximum absolute atomic E-state index is 12.2. The van der Waals surface area contributed by atoms with Crippen LogP contribution >= 0.6 is 11.3 Å². The van der Waals surface area contributed by atoms with E-state index >= 15 is 0 Å². The molecule has 1 fully saturated rings. The lowest BCUT2D eigenvalue weighted by Crippen LogP contribution is -2.49. The molecule has 1 aliphatic rings. The summed E-state index contributed by atoms with van der Waals surface area (Å²) < 4.78 is 0. The number of rotatable bonds is 2. The Balaban J connectivity index is 2.02. The van der Waals surface area contributed by atoms with E-state index in [1.807, 2.05) is 43.5 Å². The average molecular weight is 271 g/mol. The normalized spacial score (nSPS) is 20.7. The summed E-state index contributed by atoms with van der Waals surface area (Å²) >= 11 is 1.58. The van der Waals surface area contributed by atoms with Crippen LogP contribution in [0.5, 0.6) is 0 Å². The van der Waals surface area contributed by atoms with Crippen LogP contribution in [0.25, 0.3) is 0 Å². The van der Waals surface area contributed by atoms with E-state index in [9.17, 15) is 4.79 Å². The first-order valence-electron chi connectivity index (χ1n) is 6.05. The molecule has 3 rings (SSSR count). The molecule has 3 heterocycles. The summed E-state index contributed by atoms with van der Waals surface area (Å²) in [5, 5.41) is 2.94. The van der Waals surface area contributed by atoms with Gasteiger partial charge in [0.05, 0.1) is 0 Å². The Labute approximate surface area is 115 Å². The topological polar surface area (TPSA) is 46.1 Å². The van der Waals surface area contributed by atoms with Crippen LogP contribution in [0, 0.1) is 6.92 Å². The van der Waals surface area contributed by atoms with Gasteiger partial charge < -0.3 is 0 Å². The molecule has 1 aliphatic heterocycles. The summed E-state index contributed by atoms with van der Waals surface area (Å²) in [4.78, 5) is 22.6. The lowest BCUT2D eigenvalue weighted by Gasteiger charge is -2.40. The van der Waals surface area contributed by atoms with Crippen LogP contribution in [0.2, 0.25) is 0 Å². The Morgan fingerprint density at radius 2 is 2.26 bits per heavy atom. The van der Waals surface area contributed by atoms with E-state index in [4.69, 9.17) is 0 Å². The second-order valence-electron chi connectivity index (χ2n) is 4.34. The van der Waals surface area contributed by atoms with Crippen molar-refractivity contribution in [3.63, 3.8) is 0 Å². The number of β-lactam (4-membered cyclic amide) rings is 1. The first-order valence-corrected chi connectivity index (χ1v) is 6.93. The first-order chi connectivity index (χ1) is 9.22. The second kappa shape index (κ2) is 4.59. The van der Waals surface area contributed by atoms with Gasteiger partial charge in [-0.1, -0.05) is 12.1 Å². The van der Waals surface area contributed by atoms with Gasteiger partial charge in [0.2, 0.25) is 0 Å². The van der Waals surface area contributed by atoms with Crippen molar-refractivity contribution in [2.45, 2.75) is 19.9 Å². The lowest BCUT2D eigenvalue weighted by molar-refractivity contribution is -0.119. The predicted molar refractivity (Wildman–Crippen MR) is 75.1 cm³/mol. The molecule has 0 bridgehead atoms. The predicted octanol–water partition coefficient (Wildman–Crippen LogP) is 2.88. The number of thiazole rings is 1. The third-order valence-electron chi connectivity index (χ3n) is 3.10. The van der Waals surface area contributed by atoms with Crippen molar-refractivity contribution in [3.05, 3.63) is 52.1 Å². The molecular formula is C14H13N3OS. The lowest BCUT2D eigenvalue weighted by atomic mass is 9.94. The highest BCUT2D eigenvalue weighted by Gasteiger charge is 2.45. The van der Waals surface area contributed by atoms with Crippen LogP contribution in [-0.4, -0.2) is 15.9 Å². The minimum Gasteiger partial charge on any atom is -0.278 e. The molecule has 5 heteroatoms. The molecule has 0 saturated carbocycles. The van der Waals surface area contributed by atoms with E-state index in [0.717, 1.165) is 16.3 Å². The molecule has 0 aliphatic carbocycles. The van der Waals surface area contributed by atoms with Crippen molar-refractivity contribution in [2.75, 3.05) is 4.90 Å². The van der Waals surface area contributed by atoms with E-state index in [0.29, 0.717) is 5.82 Å². The number of hydrogen-bond donors (Lipinski definition) is 0. The summed E-state index contributed by atoms with van der Waals surface area (Å²) in [5.41, 5.74) is 1.77. The van der Waals surface area contributed by atoms with Gasteiger partial charge in [0, 0.05) is 22.8 Å². The summed E-state index contributed by atoms with van der Waals surface area (Å²) in [7, 11) is 0. The number of carbonyl (C=O) groups is 1. The van der Waals surface area contributed by atoms with Gasteiger partial charge in [-0.15, -0.1) is 11.3 Å². The van der Waals surface area contributed by atoms with Gasteiger partial charge in [-0.2, -0.15) is 0 Å². The molecule has 96 valence electrons. The zero-order chi connectivity index (χ0) is 13.4. The largest absolute Gasteiger partial charge is 0.278 e. The maximum Gasteiger partial charge on any atom is 0.258 e. The molecule has 1 atom stereocenters. The summed E-state index contributed by atoms with van der Waals surface area (Å²) in [5.74, 6) is 0.690. The van der Waals surface area contributed by atoms with Gasteiger partial charge >= 0.3 is 0 Å². The number of amides is 1. The van der Waals surface area contributed by atoms with Crippen LogP contribution in [0.4, 0.5) is 5.82 Å². The van der Waals surface area contributed by atoms with E-state index in [-0.39, 0.29) is 11.9 Å². The fraction of sp³-hybridized carbons (Fsp3) is 0.214. The Morgan fingerprint density at radius 3 is 2.84 bits per heavy atom. The number of carbonyl (C=O) groups excluding carboxylic acids is 1. The number of aryl methyl sites for hydroxylation is 1. The molecule has 0 radical (unpaired) electrons. The van der Waals surface area contributed by atoms with Crippen LogP contribution in [-0.2, 0) is 4.79 Å². The maximum atomic E-state index is 12.2. The van der Waals surface area contributed by atoms with Crippen molar-refractivity contribution < 1.29 is 4.79 Å². The zero-order valence-corrected chi connectivity index (χ0v) is 11.5. The monoisotopic (exact) mass is 271 g/mol. The van der Waals surface area contributed by atoms with Crippen LogP contribution in [0.15, 0.2) is 41.4 Å². The molecule has 1 amide bonds. The Bertz CT molecular complexity index is 648. The van der Waals surface area contributed by atoms with Crippen molar-refractivity contribution in [1.29, 1.82) is 0 Å². The van der Waals surface area contributed by atoms with Crippen molar-refractivity contribution in [1.82, 2.24) is 9.97 Å². The minimum atomic E-state index is -0.0916. The smallest absolute Gasteiger partial charge is 0.258 e. The summed E-state index contributed by atoms with van der Waals surface area (Å²) in [6, 6.07) is 5.48. The molecule has 4 nitrogen and oxygen atoms in total. The molecule has 0 aromatic carbocycles. The SMILES string of the molecule is CC=C1C(=O)N(c2ccccn2)C1c1nc(C)cs1. The molecule has 2 aromatic rings. The number of allylic oxidation sites excluding steroid dienone is 1. The van der Waals surface area contributed by atoms with E-state index in [2.05, 4.69) is 9.97 Å². The van der Waals surface area contributed by atoms with Crippen molar-refractivity contribution >= 4 is 23.1 Å². The number of hydrogen-bond acceptors (Lipinski definition) is 4. The van der Waals surface area contributed by atoms with Gasteiger partial charge in [-0.3, -0.25) is 9.69 Å². The number of nitrogens with zero attached hydrogens (tertiary/aromatic N) is 3. The standard InChI is InChI=1S/C14H13N3OS/c1-3-10-12(13-16-9(2)8-19-13)17(14(10)18)11-6-4-5-7-15-11/h3-8,12H,1-2H3. The fourth-order valence-corrected chi connectivity index (χ4v) is 3.10. The van der Waals surface area contributed by atoms with E-state index < -0.39 is 0 Å². The van der Waals surface area contributed by atoms with Gasteiger partial charge in [0.1, 0.15) is 16.9 Å². The highest BCUT2D eigenvalue weighted by molar-refractivity contribution is 7.09. The van der Waals surface area contributed by atoms with Crippen molar-refractivity contribution in [2.24, 2.45) is 0 Å².